The zero-order valence-corrected chi connectivity index (χ0v) is 11.0. The molecule has 96 valence electrons. The van der Waals surface area contributed by atoms with Gasteiger partial charge in [0, 0.05) is 26.4 Å². The monoisotopic (exact) mass is 237 g/mol. The zero-order valence-electron chi connectivity index (χ0n) is 11.0. The molecule has 0 spiro atoms. The third kappa shape index (κ3) is 6.24. The minimum absolute atomic E-state index is 0.679. The van der Waals surface area contributed by atoms with Crippen LogP contribution in [0.4, 0.5) is 5.82 Å². The summed E-state index contributed by atoms with van der Waals surface area (Å²) in [5, 5.41) is 6.58. The van der Waals surface area contributed by atoms with E-state index in [1.807, 2.05) is 12.3 Å². The average Bonchev–Trinajstić information content (AvgIpc) is 2.31. The summed E-state index contributed by atoms with van der Waals surface area (Å²) in [4.78, 5) is 4.34. The van der Waals surface area contributed by atoms with Crippen LogP contribution in [0.3, 0.4) is 0 Å². The Balaban J connectivity index is 2.29. The molecule has 0 fully saturated rings. The van der Waals surface area contributed by atoms with Crippen LogP contribution in [0.15, 0.2) is 18.3 Å². The van der Waals surface area contributed by atoms with Crippen LogP contribution < -0.4 is 10.6 Å². The molecule has 0 unspecified atom stereocenters. The van der Waals surface area contributed by atoms with Crippen LogP contribution in [-0.4, -0.2) is 31.8 Å². The van der Waals surface area contributed by atoms with Crippen molar-refractivity contribution in [2.75, 3.05) is 32.1 Å². The Kier molecular flexibility index (Phi) is 6.58. The molecule has 0 aliphatic heterocycles. The number of hydrogen-bond donors (Lipinski definition) is 2. The Morgan fingerprint density at radius 1 is 1.35 bits per heavy atom. The largest absolute Gasteiger partial charge is 0.383 e. The van der Waals surface area contributed by atoms with E-state index in [-0.39, 0.29) is 0 Å². The summed E-state index contributed by atoms with van der Waals surface area (Å²) in [6, 6.07) is 4.09. The van der Waals surface area contributed by atoms with Gasteiger partial charge in [-0.25, -0.2) is 4.98 Å². The maximum atomic E-state index is 4.96. The fourth-order valence-electron chi connectivity index (χ4n) is 1.42. The summed E-state index contributed by atoms with van der Waals surface area (Å²) >= 11 is 0. The first-order valence-electron chi connectivity index (χ1n) is 6.11. The van der Waals surface area contributed by atoms with E-state index in [0.717, 1.165) is 25.5 Å². The van der Waals surface area contributed by atoms with Crippen molar-refractivity contribution in [2.24, 2.45) is 5.92 Å². The number of methoxy groups -OCH3 is 1. The lowest BCUT2D eigenvalue weighted by Crippen LogP contribution is -2.19. The van der Waals surface area contributed by atoms with Crippen LogP contribution in [0.2, 0.25) is 0 Å². The van der Waals surface area contributed by atoms with Crippen molar-refractivity contribution in [1.82, 2.24) is 10.3 Å². The maximum absolute atomic E-state index is 4.96. The Bertz CT molecular complexity index is 298. The first-order valence-corrected chi connectivity index (χ1v) is 6.11. The predicted molar refractivity (Wildman–Crippen MR) is 71.1 cm³/mol. The van der Waals surface area contributed by atoms with Crippen LogP contribution in [0.25, 0.3) is 0 Å². The summed E-state index contributed by atoms with van der Waals surface area (Å²) in [6.07, 6.45) is 1.91. The van der Waals surface area contributed by atoms with Crippen molar-refractivity contribution >= 4 is 5.82 Å². The van der Waals surface area contributed by atoms with Gasteiger partial charge in [-0.1, -0.05) is 19.9 Å². The zero-order chi connectivity index (χ0) is 12.5. The molecule has 1 aromatic rings. The summed E-state index contributed by atoms with van der Waals surface area (Å²) < 4.78 is 4.96. The van der Waals surface area contributed by atoms with Crippen LogP contribution in [-0.2, 0) is 11.3 Å². The van der Waals surface area contributed by atoms with Crippen LogP contribution in [0.1, 0.15) is 19.4 Å². The van der Waals surface area contributed by atoms with Gasteiger partial charge in [0.2, 0.25) is 0 Å². The van der Waals surface area contributed by atoms with Crippen molar-refractivity contribution in [1.29, 1.82) is 0 Å². The highest BCUT2D eigenvalue weighted by Gasteiger charge is 1.97. The molecule has 0 aliphatic carbocycles. The normalized spacial score (nSPS) is 10.8. The molecule has 0 atom stereocenters. The van der Waals surface area contributed by atoms with Gasteiger partial charge in [0.25, 0.3) is 0 Å². The molecular weight excluding hydrogens is 214 g/mol. The molecule has 0 aromatic carbocycles. The average molecular weight is 237 g/mol. The molecule has 17 heavy (non-hydrogen) atoms. The molecule has 0 bridgehead atoms. The smallest absolute Gasteiger partial charge is 0.125 e. The second kappa shape index (κ2) is 8.03. The van der Waals surface area contributed by atoms with Gasteiger partial charge in [-0.2, -0.15) is 0 Å². The first kappa shape index (κ1) is 13.9. The van der Waals surface area contributed by atoms with Gasteiger partial charge in [0.15, 0.2) is 0 Å². The number of anilines is 1. The molecule has 0 amide bonds. The lowest BCUT2D eigenvalue weighted by Gasteiger charge is -2.08. The van der Waals surface area contributed by atoms with Gasteiger partial charge in [0.1, 0.15) is 5.82 Å². The van der Waals surface area contributed by atoms with Gasteiger partial charge in [0.05, 0.1) is 6.61 Å². The van der Waals surface area contributed by atoms with Crippen molar-refractivity contribution in [3.05, 3.63) is 23.9 Å². The highest BCUT2D eigenvalue weighted by molar-refractivity contribution is 5.35. The first-order chi connectivity index (χ1) is 8.22. The van der Waals surface area contributed by atoms with Crippen LogP contribution in [0.5, 0.6) is 0 Å². The van der Waals surface area contributed by atoms with Gasteiger partial charge >= 0.3 is 0 Å². The molecule has 1 aromatic heterocycles. The van der Waals surface area contributed by atoms with E-state index in [4.69, 9.17) is 4.74 Å². The summed E-state index contributed by atoms with van der Waals surface area (Å²) in [6.45, 7) is 7.80. The Labute approximate surface area is 104 Å². The summed E-state index contributed by atoms with van der Waals surface area (Å²) in [7, 11) is 1.69. The number of aromatic nitrogens is 1. The minimum atomic E-state index is 0.679. The van der Waals surface area contributed by atoms with E-state index in [1.54, 1.807) is 7.11 Å². The van der Waals surface area contributed by atoms with E-state index in [9.17, 15) is 0 Å². The summed E-state index contributed by atoms with van der Waals surface area (Å²) in [5.74, 6) is 1.58. The number of nitrogens with one attached hydrogen (secondary N) is 2. The van der Waals surface area contributed by atoms with Crippen molar-refractivity contribution in [2.45, 2.75) is 20.4 Å². The fourth-order valence-corrected chi connectivity index (χ4v) is 1.42. The van der Waals surface area contributed by atoms with Crippen LogP contribution >= 0.6 is 0 Å². The van der Waals surface area contributed by atoms with E-state index >= 15 is 0 Å². The highest BCUT2D eigenvalue weighted by atomic mass is 16.5. The standard InChI is InChI=1S/C13H23N3O/c1-11(2)8-14-9-12-4-5-13(16-10-12)15-6-7-17-3/h4-5,10-11,14H,6-9H2,1-3H3,(H,15,16). The molecule has 0 saturated heterocycles. The maximum Gasteiger partial charge on any atom is 0.125 e. The lowest BCUT2D eigenvalue weighted by molar-refractivity contribution is 0.210. The van der Waals surface area contributed by atoms with E-state index in [1.165, 1.54) is 5.56 Å². The molecule has 4 nitrogen and oxygen atoms in total. The van der Waals surface area contributed by atoms with Gasteiger partial charge in [-0.3, -0.25) is 0 Å². The number of nitrogens with zero attached hydrogens (tertiary/aromatic N) is 1. The second-order valence-corrected chi connectivity index (χ2v) is 4.50. The fraction of sp³-hybridized carbons (Fsp3) is 0.615. The van der Waals surface area contributed by atoms with Crippen LogP contribution in [0, 0.1) is 5.92 Å². The Morgan fingerprint density at radius 2 is 2.18 bits per heavy atom. The van der Waals surface area contributed by atoms with Gasteiger partial charge < -0.3 is 15.4 Å². The number of rotatable bonds is 8. The molecule has 2 N–H and O–H groups in total. The molecular formula is C13H23N3O. The molecule has 4 heteroatoms. The molecule has 0 radical (unpaired) electrons. The predicted octanol–water partition coefficient (Wildman–Crippen LogP) is 1.89. The van der Waals surface area contributed by atoms with Crippen molar-refractivity contribution in [3.8, 4) is 0 Å². The quantitative estimate of drug-likeness (QED) is 0.678. The van der Waals surface area contributed by atoms with Crippen molar-refractivity contribution in [3.63, 3.8) is 0 Å². The summed E-state index contributed by atoms with van der Waals surface area (Å²) in [5.41, 5.74) is 1.21. The number of pyridine rings is 1. The Morgan fingerprint density at radius 3 is 2.76 bits per heavy atom. The second-order valence-electron chi connectivity index (χ2n) is 4.50. The van der Waals surface area contributed by atoms with Gasteiger partial charge in [-0.15, -0.1) is 0 Å². The topological polar surface area (TPSA) is 46.2 Å². The molecule has 1 rings (SSSR count). The Hall–Kier alpha value is -1.13. The minimum Gasteiger partial charge on any atom is -0.383 e. The highest BCUT2D eigenvalue weighted by Crippen LogP contribution is 2.04. The third-order valence-corrected chi connectivity index (χ3v) is 2.32. The van der Waals surface area contributed by atoms with E-state index in [2.05, 4.69) is 35.5 Å². The van der Waals surface area contributed by atoms with E-state index < -0.39 is 0 Å². The van der Waals surface area contributed by atoms with Crippen molar-refractivity contribution < 1.29 is 4.74 Å². The lowest BCUT2D eigenvalue weighted by atomic mass is 10.2. The third-order valence-electron chi connectivity index (χ3n) is 2.32. The molecule has 0 saturated carbocycles. The molecule has 0 aliphatic rings. The SMILES string of the molecule is COCCNc1ccc(CNCC(C)C)cn1. The van der Waals surface area contributed by atoms with E-state index in [0.29, 0.717) is 12.5 Å². The number of ether oxygens (including phenoxy) is 1. The van der Waals surface area contributed by atoms with Gasteiger partial charge in [-0.05, 0) is 24.1 Å². The molecule has 1 heterocycles. The number of hydrogen-bond acceptors (Lipinski definition) is 4.